The van der Waals surface area contributed by atoms with Crippen molar-refractivity contribution >= 4 is 5.91 Å². The topological polar surface area (TPSA) is 32.3 Å². The minimum atomic E-state index is -0.428. The van der Waals surface area contributed by atoms with Crippen LogP contribution in [0.1, 0.15) is 42.5 Å². The zero-order valence-corrected chi connectivity index (χ0v) is 13.5. The lowest BCUT2D eigenvalue weighted by Crippen LogP contribution is -2.46. The van der Waals surface area contributed by atoms with Crippen LogP contribution in [0.25, 0.3) is 0 Å². The van der Waals surface area contributed by atoms with E-state index in [2.05, 4.69) is 17.5 Å². The molecule has 0 spiro atoms. The second-order valence-electron chi connectivity index (χ2n) is 6.61. The molecule has 1 fully saturated rings. The fraction of sp³-hybridized carbons (Fsp3) is 0.526. The maximum atomic E-state index is 13.7. The molecule has 23 heavy (non-hydrogen) atoms. The maximum Gasteiger partial charge on any atom is 0.256 e. The lowest BCUT2D eigenvalue weighted by molar-refractivity contribution is 0.0699. The molecular weight excluding hydrogens is 291 g/mol. The van der Waals surface area contributed by atoms with Crippen LogP contribution in [-0.4, -0.2) is 36.5 Å². The van der Waals surface area contributed by atoms with Crippen LogP contribution in [0, 0.1) is 11.7 Å². The van der Waals surface area contributed by atoms with Crippen molar-refractivity contribution in [3.05, 3.63) is 47.8 Å². The Labute approximate surface area is 137 Å². The summed E-state index contributed by atoms with van der Waals surface area (Å²) in [6.45, 7) is 2.47. The van der Waals surface area contributed by atoms with E-state index in [1.54, 1.807) is 23.1 Å². The summed E-state index contributed by atoms with van der Waals surface area (Å²) in [5.74, 6) is 0.139. The molecule has 1 N–H and O–H groups in total. The number of nitrogens with zero attached hydrogens (tertiary/aromatic N) is 1. The summed E-state index contributed by atoms with van der Waals surface area (Å²) in [5.41, 5.74) is 0.188. The third-order valence-corrected chi connectivity index (χ3v) is 4.96. The van der Waals surface area contributed by atoms with Crippen LogP contribution >= 0.6 is 0 Å². The van der Waals surface area contributed by atoms with Gasteiger partial charge in [-0.3, -0.25) is 4.79 Å². The summed E-state index contributed by atoms with van der Waals surface area (Å²) in [6, 6.07) is 6.72. The summed E-state index contributed by atoms with van der Waals surface area (Å²) in [5, 5.41) is 3.66. The predicted molar refractivity (Wildman–Crippen MR) is 89.8 cm³/mol. The first-order chi connectivity index (χ1) is 11.2. The first-order valence-corrected chi connectivity index (χ1v) is 8.66. The highest BCUT2D eigenvalue weighted by molar-refractivity contribution is 5.94. The molecule has 0 bridgehead atoms. The average molecular weight is 316 g/mol. The van der Waals surface area contributed by atoms with Crippen LogP contribution in [0.5, 0.6) is 0 Å². The van der Waals surface area contributed by atoms with Gasteiger partial charge in [0, 0.05) is 19.1 Å². The Morgan fingerprint density at radius 2 is 1.96 bits per heavy atom. The molecule has 3 nitrogen and oxygen atoms in total. The highest BCUT2D eigenvalue weighted by atomic mass is 19.1. The van der Waals surface area contributed by atoms with Gasteiger partial charge in [-0.05, 0) is 56.7 Å². The number of rotatable bonds is 4. The monoisotopic (exact) mass is 316 g/mol. The van der Waals surface area contributed by atoms with Gasteiger partial charge in [0.2, 0.25) is 0 Å². The van der Waals surface area contributed by atoms with Crippen LogP contribution < -0.4 is 5.32 Å². The van der Waals surface area contributed by atoms with Gasteiger partial charge in [0.25, 0.3) is 5.91 Å². The van der Waals surface area contributed by atoms with Gasteiger partial charge >= 0.3 is 0 Å². The number of piperidine rings is 1. The van der Waals surface area contributed by atoms with Crippen molar-refractivity contribution in [3.63, 3.8) is 0 Å². The van der Waals surface area contributed by atoms with E-state index in [-0.39, 0.29) is 11.5 Å². The molecule has 1 aromatic carbocycles. The van der Waals surface area contributed by atoms with Gasteiger partial charge in [-0.15, -0.1) is 0 Å². The number of carbonyl (C=O) groups excluding carboxylic acids is 1. The standard InChI is InChI=1S/C19H25FN2O/c20-18-9-5-4-8-17(18)19(23)22-12-10-16(11-13-22)21-14-15-6-2-1-3-7-15/h1-2,4-5,8-9,15-16,21H,3,6-7,10-14H2/t15-/m1/s1. The van der Waals surface area contributed by atoms with Crippen molar-refractivity contribution in [1.82, 2.24) is 10.2 Å². The second kappa shape index (κ2) is 7.73. The molecule has 1 amide bonds. The summed E-state index contributed by atoms with van der Waals surface area (Å²) in [7, 11) is 0. The Hall–Kier alpha value is -1.68. The van der Waals surface area contributed by atoms with E-state index >= 15 is 0 Å². The summed E-state index contributed by atoms with van der Waals surface area (Å²) >= 11 is 0. The Balaban J connectivity index is 1.45. The van der Waals surface area contributed by atoms with Gasteiger partial charge in [-0.2, -0.15) is 0 Å². The minimum absolute atomic E-state index is 0.182. The first-order valence-electron chi connectivity index (χ1n) is 8.66. The molecule has 2 aliphatic rings. The van der Waals surface area contributed by atoms with Crippen LogP contribution in [0.2, 0.25) is 0 Å². The average Bonchev–Trinajstić information content (AvgIpc) is 2.61. The van der Waals surface area contributed by atoms with Gasteiger partial charge in [0.15, 0.2) is 0 Å². The van der Waals surface area contributed by atoms with Crippen molar-refractivity contribution in [2.24, 2.45) is 5.92 Å². The molecular formula is C19H25FN2O. The molecule has 1 saturated heterocycles. The fourth-order valence-corrected chi connectivity index (χ4v) is 3.47. The quantitative estimate of drug-likeness (QED) is 0.864. The van der Waals surface area contributed by atoms with Gasteiger partial charge in [0.1, 0.15) is 5.82 Å². The summed E-state index contributed by atoms with van der Waals surface area (Å²) < 4.78 is 13.7. The smallest absolute Gasteiger partial charge is 0.256 e. The number of carbonyl (C=O) groups is 1. The van der Waals surface area contributed by atoms with E-state index in [1.807, 2.05) is 0 Å². The molecule has 4 heteroatoms. The highest BCUT2D eigenvalue weighted by Gasteiger charge is 2.25. The molecule has 0 radical (unpaired) electrons. The largest absolute Gasteiger partial charge is 0.338 e. The molecule has 124 valence electrons. The number of benzene rings is 1. The van der Waals surface area contributed by atoms with Crippen molar-refractivity contribution in [2.75, 3.05) is 19.6 Å². The van der Waals surface area contributed by atoms with Crippen molar-refractivity contribution in [2.45, 2.75) is 38.1 Å². The van der Waals surface area contributed by atoms with E-state index in [9.17, 15) is 9.18 Å². The Kier molecular flexibility index (Phi) is 5.44. The number of nitrogens with one attached hydrogen (secondary N) is 1. The van der Waals surface area contributed by atoms with E-state index < -0.39 is 5.82 Å². The first kappa shape index (κ1) is 16.2. The van der Waals surface area contributed by atoms with Crippen molar-refractivity contribution in [1.29, 1.82) is 0 Å². The summed E-state index contributed by atoms with van der Waals surface area (Å²) in [6.07, 6.45) is 10.1. The van der Waals surface area contributed by atoms with Gasteiger partial charge in [0.05, 0.1) is 5.56 Å². The zero-order chi connectivity index (χ0) is 16.1. The van der Waals surface area contributed by atoms with Gasteiger partial charge in [-0.1, -0.05) is 24.3 Å². The Bertz CT molecular complexity index is 564. The predicted octanol–water partition coefficient (Wildman–Crippen LogP) is 3.38. The molecule has 0 saturated carbocycles. The van der Waals surface area contributed by atoms with Crippen LogP contribution in [-0.2, 0) is 0 Å². The number of halogens is 1. The molecule has 1 aromatic rings. The lowest BCUT2D eigenvalue weighted by atomic mass is 9.93. The Morgan fingerprint density at radius 3 is 2.65 bits per heavy atom. The fourth-order valence-electron chi connectivity index (χ4n) is 3.47. The van der Waals surface area contributed by atoms with Gasteiger partial charge < -0.3 is 10.2 Å². The van der Waals surface area contributed by atoms with Crippen LogP contribution in [0.4, 0.5) is 4.39 Å². The van der Waals surface area contributed by atoms with Crippen LogP contribution in [0.3, 0.4) is 0 Å². The normalized spacial score (nSPS) is 22.3. The number of amides is 1. The lowest BCUT2D eigenvalue weighted by Gasteiger charge is -2.33. The van der Waals surface area contributed by atoms with Crippen molar-refractivity contribution in [3.8, 4) is 0 Å². The molecule has 1 aliphatic carbocycles. The SMILES string of the molecule is O=C(c1ccccc1F)N1CCC(NC[C@@H]2CC=CCC2)CC1. The molecule has 1 heterocycles. The number of allylic oxidation sites excluding steroid dienone is 2. The van der Waals surface area contributed by atoms with Crippen molar-refractivity contribution < 1.29 is 9.18 Å². The van der Waals surface area contributed by atoms with Gasteiger partial charge in [-0.25, -0.2) is 4.39 Å². The molecule has 1 atom stereocenters. The number of hydrogen-bond donors (Lipinski definition) is 1. The third kappa shape index (κ3) is 4.20. The maximum absolute atomic E-state index is 13.7. The van der Waals surface area contributed by atoms with E-state index in [0.29, 0.717) is 19.1 Å². The highest BCUT2D eigenvalue weighted by Crippen LogP contribution is 2.19. The second-order valence-corrected chi connectivity index (χ2v) is 6.61. The molecule has 0 unspecified atom stereocenters. The van der Waals surface area contributed by atoms with Crippen LogP contribution in [0.15, 0.2) is 36.4 Å². The zero-order valence-electron chi connectivity index (χ0n) is 13.5. The van der Waals surface area contributed by atoms with E-state index in [1.165, 1.54) is 25.3 Å². The minimum Gasteiger partial charge on any atom is -0.338 e. The summed E-state index contributed by atoms with van der Waals surface area (Å²) in [4.78, 5) is 14.2. The molecule has 1 aliphatic heterocycles. The molecule has 0 aromatic heterocycles. The molecule has 3 rings (SSSR count). The van der Waals surface area contributed by atoms with E-state index in [0.717, 1.165) is 25.3 Å². The number of hydrogen-bond acceptors (Lipinski definition) is 2. The number of likely N-dealkylation sites (tertiary alicyclic amines) is 1. The third-order valence-electron chi connectivity index (χ3n) is 4.96. The van der Waals surface area contributed by atoms with E-state index in [4.69, 9.17) is 0 Å². The Morgan fingerprint density at radius 1 is 1.17 bits per heavy atom.